The van der Waals surface area contributed by atoms with Gasteiger partial charge in [0.1, 0.15) is 78.8 Å². The van der Waals surface area contributed by atoms with Gasteiger partial charge < -0.3 is 62.1 Å². The maximum atomic E-state index is 14.5. The van der Waals surface area contributed by atoms with E-state index in [0.29, 0.717) is 99.2 Å². The second kappa shape index (κ2) is 41.0. The number of amides is 4. The number of aryl methyl sites for hydroxylation is 1. The largest absolute Gasteiger partial charge is 0.405 e. The van der Waals surface area contributed by atoms with Crippen LogP contribution in [0, 0.1) is 41.1 Å². The van der Waals surface area contributed by atoms with E-state index in [1.54, 1.807) is 114 Å². The Morgan fingerprint density at radius 1 is 0.407 bits per heavy atom. The van der Waals surface area contributed by atoms with Crippen LogP contribution in [0.5, 0.6) is 0 Å². The normalized spacial score (nSPS) is 12.9. The lowest BCUT2D eigenvalue weighted by molar-refractivity contribution is -0.139. The van der Waals surface area contributed by atoms with Crippen molar-refractivity contribution in [3.63, 3.8) is 0 Å². The molecule has 28 nitrogen and oxygen atoms in total. The molecule has 123 heavy (non-hydrogen) atoms. The summed E-state index contributed by atoms with van der Waals surface area (Å²) in [6.45, 7) is 8.28. The zero-order valence-corrected chi connectivity index (χ0v) is 69.0. The molecule has 0 spiro atoms. The minimum absolute atomic E-state index is 0. The molecule has 11 N–H and O–H groups in total. The van der Waals surface area contributed by atoms with Gasteiger partial charge in [-0.15, -0.1) is 0 Å². The van der Waals surface area contributed by atoms with E-state index in [-0.39, 0.29) is 71.2 Å². The first-order chi connectivity index (χ1) is 57.6. The highest BCUT2D eigenvalue weighted by molar-refractivity contribution is 6.32. The molecule has 666 valence electrons. The Kier molecular flexibility index (Phi) is 31.7. The fourth-order valence-electron chi connectivity index (χ4n) is 11.8. The number of anilines is 4. The molecular formula is C76H85Cl4F15N24O4. The Labute approximate surface area is 715 Å². The van der Waals surface area contributed by atoms with Gasteiger partial charge in [0.2, 0.25) is 23.6 Å². The van der Waals surface area contributed by atoms with Crippen molar-refractivity contribution in [2.24, 2.45) is 30.7 Å². The van der Waals surface area contributed by atoms with Crippen LogP contribution in [0.15, 0.2) is 105 Å². The number of nitrogens with one attached hydrogen (secondary N) is 11. The summed E-state index contributed by atoms with van der Waals surface area (Å²) in [5, 5.41) is 22.3. The van der Waals surface area contributed by atoms with Gasteiger partial charge in [-0.2, -0.15) is 52.7 Å². The standard InChI is InChI=1S/C20H21ClF4N6O.C19H19ClF4N6O.C19H20ClF3N6O.C18H17ClF4N6O.4H2/c1-10(2)4-15(19(32)28-9-20(23,24)25)29-17-14(22)7-26-16(30-17)13-8-31(3)18-12(13)5-11(21)6-27-18;1-9(2)3-14(18(31)28-8-19(22,23)24)29-17-13(21)7-27-16(30-17)12-6-26-15-11(12)4-10(20)5-25-15;1-10(2)5-14(18(30)27-9-19(21,22)23)28-15-3-4-24-17(29-15)13-8-26-16-12(13)6-11(20)7-25-16;1-8(2)13(17(30)27-7-18(21,22)23)28-16-12(20)6-26-15(29-16)11-5-25-14-10(11)3-9(19)4-24-14;;;;/h5-8,10,15H,4,9H2,1-3H3,(H,28,32)(H,26,29,30);4-7,9,14H,3,8H2,1-2H3,(H,25,26)(H,28,31)(H,27,29,30);3-4,6-8,10,14H,5,9H2,1-2H3,(H,25,26)(H,27,30)(H,24,28,29);3-6,8,13H,7H2,1-2H3,(H,24,25)(H,27,30)(H,26,28,29);4*1H/t15-;2*14-;13-;;;;/m1111..../s1. The van der Waals surface area contributed by atoms with Crippen molar-refractivity contribution in [1.82, 2.24) is 101 Å². The van der Waals surface area contributed by atoms with Crippen molar-refractivity contribution in [3.8, 4) is 45.6 Å². The summed E-state index contributed by atoms with van der Waals surface area (Å²) in [5.74, 6) is -6.39. The molecule has 12 rings (SSSR count). The molecule has 0 saturated carbocycles. The van der Waals surface area contributed by atoms with Crippen LogP contribution in [-0.4, -0.2) is 178 Å². The number of pyridine rings is 4. The third-order valence-corrected chi connectivity index (χ3v) is 18.1. The highest BCUT2D eigenvalue weighted by atomic mass is 35.5. The van der Waals surface area contributed by atoms with Crippen molar-refractivity contribution in [2.45, 2.75) is 124 Å². The number of hydrogen-bond donors (Lipinski definition) is 11. The van der Waals surface area contributed by atoms with Gasteiger partial charge in [0, 0.05) is 112 Å². The van der Waals surface area contributed by atoms with Gasteiger partial charge in [-0.3, -0.25) is 19.2 Å². The van der Waals surface area contributed by atoms with Crippen molar-refractivity contribution >= 4 is 137 Å². The topological polar surface area (TPSA) is 371 Å². The summed E-state index contributed by atoms with van der Waals surface area (Å²) in [4.78, 5) is 108. The molecule has 12 aromatic heterocycles. The molecule has 0 aromatic carbocycles. The van der Waals surface area contributed by atoms with E-state index < -0.39 is 122 Å². The van der Waals surface area contributed by atoms with Crippen molar-refractivity contribution in [2.75, 3.05) is 47.4 Å². The molecule has 12 aromatic rings. The van der Waals surface area contributed by atoms with Gasteiger partial charge in [0.25, 0.3) is 0 Å². The van der Waals surface area contributed by atoms with E-state index >= 15 is 0 Å². The Balaban J connectivity index is 0.000000297. The number of carbonyl (C=O) groups is 4. The zero-order chi connectivity index (χ0) is 90.3. The van der Waals surface area contributed by atoms with Gasteiger partial charge in [0.15, 0.2) is 58.2 Å². The van der Waals surface area contributed by atoms with E-state index in [0.717, 1.165) is 24.0 Å². The van der Waals surface area contributed by atoms with Crippen molar-refractivity contribution in [1.29, 1.82) is 0 Å². The minimum Gasteiger partial charge on any atom is -0.358 e. The summed E-state index contributed by atoms with van der Waals surface area (Å²) in [5.41, 5.74) is 4.43. The number of H-pyrrole nitrogens is 3. The minimum atomic E-state index is -4.56. The van der Waals surface area contributed by atoms with Crippen LogP contribution in [0.1, 0.15) is 80.4 Å². The Morgan fingerprint density at radius 2 is 0.724 bits per heavy atom. The van der Waals surface area contributed by atoms with Crippen LogP contribution >= 0.6 is 46.4 Å². The van der Waals surface area contributed by atoms with Gasteiger partial charge in [-0.05, 0) is 73.3 Å². The zero-order valence-electron chi connectivity index (χ0n) is 66.0. The van der Waals surface area contributed by atoms with E-state index in [1.807, 2.05) is 29.8 Å². The molecule has 0 unspecified atom stereocenters. The molecule has 0 aliphatic rings. The van der Waals surface area contributed by atoms with Crippen molar-refractivity contribution in [3.05, 3.63) is 142 Å². The van der Waals surface area contributed by atoms with E-state index in [9.17, 15) is 85.0 Å². The smallest absolute Gasteiger partial charge is 0.358 e. The molecule has 4 amide bonds. The number of nitrogens with zero attached hydrogens (tertiary/aromatic N) is 13. The predicted octanol–water partition coefficient (Wildman–Crippen LogP) is 17.7. The monoisotopic (exact) mass is 1820 g/mol. The Morgan fingerprint density at radius 3 is 1.07 bits per heavy atom. The molecular weight excluding hydrogens is 1740 g/mol. The fraction of sp³-hybridized carbons (Fsp3) is 0.368. The molecule has 47 heteroatoms. The quantitative estimate of drug-likeness (QED) is 0.0213. The van der Waals surface area contributed by atoms with E-state index in [4.69, 9.17) is 46.4 Å². The molecule has 4 atom stereocenters. The fourth-order valence-corrected chi connectivity index (χ4v) is 12.4. The second-order valence-corrected chi connectivity index (χ2v) is 30.8. The van der Waals surface area contributed by atoms with Crippen LogP contribution in [0.3, 0.4) is 0 Å². The molecule has 0 fully saturated rings. The molecule has 0 aliphatic heterocycles. The predicted molar refractivity (Wildman–Crippen MR) is 441 cm³/mol. The van der Waals surface area contributed by atoms with Gasteiger partial charge in [-0.25, -0.2) is 73.0 Å². The highest BCUT2D eigenvalue weighted by Gasteiger charge is 2.36. The number of aromatic amines is 3. The maximum absolute atomic E-state index is 14.5. The van der Waals surface area contributed by atoms with Gasteiger partial charge in [-0.1, -0.05) is 102 Å². The molecule has 12 heterocycles. The Hall–Kier alpha value is -11.7. The average Bonchev–Trinajstić information content (AvgIpc) is 1.65. The van der Waals surface area contributed by atoms with Crippen molar-refractivity contribution < 1.29 is 90.7 Å². The first kappa shape index (κ1) is 95.1. The first-order valence-corrected chi connectivity index (χ1v) is 38.5. The van der Waals surface area contributed by atoms with Gasteiger partial charge in [0.05, 0.1) is 38.7 Å². The lowest BCUT2D eigenvalue weighted by Gasteiger charge is -2.23. The van der Waals surface area contributed by atoms with E-state index in [1.165, 1.54) is 31.0 Å². The summed E-state index contributed by atoms with van der Waals surface area (Å²) < 4.78 is 194. The third kappa shape index (κ3) is 27.6. The van der Waals surface area contributed by atoms with Crippen LogP contribution in [-0.2, 0) is 26.2 Å². The molecule has 0 aliphatic carbocycles. The van der Waals surface area contributed by atoms with E-state index in [2.05, 4.69) is 96.0 Å². The molecule has 0 bridgehead atoms. The molecule has 0 radical (unpaired) electrons. The Bertz CT molecular complexity index is 5710. The first-order valence-electron chi connectivity index (χ1n) is 37.0. The lowest BCUT2D eigenvalue weighted by atomic mass is 10.0. The number of carbonyl (C=O) groups excluding carboxylic acids is 4. The number of aromatic nitrogens is 16. The number of alkyl halides is 12. The summed E-state index contributed by atoms with van der Waals surface area (Å²) in [7, 11) is 1.76. The highest BCUT2D eigenvalue weighted by Crippen LogP contribution is 2.35. The second-order valence-electron chi connectivity index (χ2n) is 29.0. The summed E-state index contributed by atoms with van der Waals surface area (Å²) in [6.07, 6.45) is -0.798. The molecule has 0 saturated heterocycles. The van der Waals surface area contributed by atoms with Gasteiger partial charge >= 0.3 is 24.7 Å². The van der Waals surface area contributed by atoms with Crippen LogP contribution in [0.25, 0.3) is 89.7 Å². The summed E-state index contributed by atoms with van der Waals surface area (Å²) >= 11 is 24.0. The van der Waals surface area contributed by atoms with Crippen LogP contribution in [0.2, 0.25) is 20.1 Å². The lowest BCUT2D eigenvalue weighted by Crippen LogP contribution is -2.46. The number of fused-ring (bicyclic) bond motifs is 4. The maximum Gasteiger partial charge on any atom is 0.405 e. The number of hydrogen-bond acceptors (Lipinski definition) is 20. The van der Waals surface area contributed by atoms with Crippen LogP contribution in [0.4, 0.5) is 89.1 Å². The van der Waals surface area contributed by atoms with Crippen LogP contribution < -0.4 is 42.5 Å². The number of halogens is 19. The average molecular weight is 1830 g/mol. The third-order valence-electron chi connectivity index (χ3n) is 17.2. The number of rotatable bonds is 27. The SMILES string of the molecule is CC(C)C[C@@H](Nc1ccnc(-c2c[nH]c3ncc(Cl)cc23)n1)C(=O)NCC(F)(F)F.CC(C)C[C@@H](Nc1nc(-c2c[nH]c3ncc(Cl)cc23)ncc1F)C(=O)NCC(F)(F)F.CC(C)C[C@@H](Nc1nc(-c2cn(C)c3ncc(Cl)cc23)ncc1F)C(=O)NCC(F)(F)F.CC(C)[C@@H](Nc1nc(-c2c[nH]c3ncc(Cl)cc23)ncc1F)C(=O)NCC(F)(F)F.[HH].[HH].[HH].[HH]. The summed E-state index contributed by atoms with van der Waals surface area (Å²) in [6, 6.07) is 3.94.